The van der Waals surface area contributed by atoms with E-state index in [1.54, 1.807) is 18.8 Å². The molecule has 0 atom stereocenters. The van der Waals surface area contributed by atoms with Gasteiger partial charge in [0, 0.05) is 12.6 Å². The molecule has 0 fully saturated rings. The van der Waals surface area contributed by atoms with Crippen LogP contribution in [0.2, 0.25) is 0 Å². The zero-order chi connectivity index (χ0) is 11.5. The van der Waals surface area contributed by atoms with Crippen molar-refractivity contribution >= 4 is 0 Å². The highest BCUT2D eigenvalue weighted by molar-refractivity contribution is 5.71. The van der Waals surface area contributed by atoms with Crippen LogP contribution in [0.25, 0.3) is 11.3 Å². The molecule has 0 saturated heterocycles. The molecule has 0 aliphatic rings. The van der Waals surface area contributed by atoms with Crippen LogP contribution in [-0.4, -0.2) is 22.1 Å². The van der Waals surface area contributed by atoms with Gasteiger partial charge in [-0.1, -0.05) is 17.3 Å². The first kappa shape index (κ1) is 10.2. The van der Waals surface area contributed by atoms with Crippen LogP contribution in [-0.2, 0) is 7.05 Å². The van der Waals surface area contributed by atoms with Crippen LogP contribution in [0.4, 0.5) is 0 Å². The standard InChI is InChI=1S/C11H10N4O/c1-15-11(9(7-12)13-14-15)8-5-3-4-6-10(8)16-2/h3-6H,1-2H3. The number of benzene rings is 1. The Morgan fingerprint density at radius 3 is 2.81 bits per heavy atom. The Bertz CT molecular complexity index is 553. The second-order valence-corrected chi connectivity index (χ2v) is 3.22. The third-order valence-electron chi connectivity index (χ3n) is 2.29. The molecule has 0 bridgehead atoms. The van der Waals surface area contributed by atoms with Crippen molar-refractivity contribution in [3.63, 3.8) is 0 Å². The molecule has 0 N–H and O–H groups in total. The summed E-state index contributed by atoms with van der Waals surface area (Å²) < 4.78 is 6.81. The molecule has 0 unspecified atom stereocenters. The maximum atomic E-state index is 8.95. The fourth-order valence-corrected chi connectivity index (χ4v) is 1.57. The molecule has 1 aromatic carbocycles. The number of aromatic nitrogens is 3. The van der Waals surface area contributed by atoms with Crippen LogP contribution in [0.1, 0.15) is 5.69 Å². The van der Waals surface area contributed by atoms with Gasteiger partial charge in [0.2, 0.25) is 0 Å². The lowest BCUT2D eigenvalue weighted by Crippen LogP contribution is -1.96. The number of nitriles is 1. The minimum atomic E-state index is 0.298. The third kappa shape index (κ3) is 1.50. The topological polar surface area (TPSA) is 63.7 Å². The maximum Gasteiger partial charge on any atom is 0.190 e. The first-order valence-electron chi connectivity index (χ1n) is 4.71. The van der Waals surface area contributed by atoms with E-state index in [0.717, 1.165) is 5.56 Å². The van der Waals surface area contributed by atoms with E-state index in [4.69, 9.17) is 10.00 Å². The number of para-hydroxylation sites is 1. The van der Waals surface area contributed by atoms with E-state index in [1.165, 1.54) is 0 Å². The van der Waals surface area contributed by atoms with Gasteiger partial charge < -0.3 is 4.74 Å². The van der Waals surface area contributed by atoms with Crippen molar-refractivity contribution in [1.82, 2.24) is 15.0 Å². The molecule has 0 spiro atoms. The van der Waals surface area contributed by atoms with E-state index in [0.29, 0.717) is 17.1 Å². The van der Waals surface area contributed by atoms with E-state index >= 15 is 0 Å². The molecule has 0 aliphatic carbocycles. The lowest BCUT2D eigenvalue weighted by atomic mass is 10.1. The predicted octanol–water partition coefficient (Wildman–Crippen LogP) is 1.36. The van der Waals surface area contributed by atoms with E-state index in [1.807, 2.05) is 30.3 Å². The number of hydrogen-bond acceptors (Lipinski definition) is 4. The number of rotatable bonds is 2. The average molecular weight is 214 g/mol. The fraction of sp³-hybridized carbons (Fsp3) is 0.182. The molecule has 0 amide bonds. The summed E-state index contributed by atoms with van der Waals surface area (Å²) in [5.74, 6) is 0.699. The predicted molar refractivity (Wildman–Crippen MR) is 57.7 cm³/mol. The quantitative estimate of drug-likeness (QED) is 0.757. The Morgan fingerprint density at radius 2 is 2.12 bits per heavy atom. The lowest BCUT2D eigenvalue weighted by molar-refractivity contribution is 0.416. The molecule has 0 aliphatic heterocycles. The second kappa shape index (κ2) is 4.03. The molecule has 1 heterocycles. The molecule has 2 aromatic rings. The molecule has 0 saturated carbocycles. The van der Waals surface area contributed by atoms with Gasteiger partial charge in [-0.05, 0) is 12.1 Å². The van der Waals surface area contributed by atoms with E-state index in [-0.39, 0.29) is 0 Å². The van der Waals surface area contributed by atoms with Gasteiger partial charge in [-0.15, -0.1) is 5.10 Å². The van der Waals surface area contributed by atoms with Crippen LogP contribution in [0, 0.1) is 11.3 Å². The fourth-order valence-electron chi connectivity index (χ4n) is 1.57. The smallest absolute Gasteiger partial charge is 0.190 e. The monoisotopic (exact) mass is 214 g/mol. The molecule has 1 aromatic heterocycles. The normalized spacial score (nSPS) is 9.81. The molecular formula is C11H10N4O. The summed E-state index contributed by atoms with van der Waals surface area (Å²) in [5, 5.41) is 16.6. The van der Waals surface area contributed by atoms with Crippen molar-refractivity contribution in [1.29, 1.82) is 5.26 Å². The van der Waals surface area contributed by atoms with Gasteiger partial charge >= 0.3 is 0 Å². The van der Waals surface area contributed by atoms with E-state index < -0.39 is 0 Å². The number of ether oxygens (including phenoxy) is 1. The van der Waals surface area contributed by atoms with E-state index in [2.05, 4.69) is 10.3 Å². The van der Waals surface area contributed by atoms with Crippen molar-refractivity contribution < 1.29 is 4.74 Å². The van der Waals surface area contributed by atoms with Gasteiger partial charge in [-0.3, -0.25) is 0 Å². The molecule has 16 heavy (non-hydrogen) atoms. The highest BCUT2D eigenvalue weighted by Crippen LogP contribution is 2.30. The Labute approximate surface area is 92.9 Å². The minimum absolute atomic E-state index is 0.298. The summed E-state index contributed by atoms with van der Waals surface area (Å²) in [7, 11) is 3.34. The summed E-state index contributed by atoms with van der Waals surface area (Å²) in [6, 6.07) is 9.48. The molecule has 5 nitrogen and oxygen atoms in total. The van der Waals surface area contributed by atoms with Gasteiger partial charge in [0.05, 0.1) is 7.11 Å². The first-order valence-corrected chi connectivity index (χ1v) is 4.71. The second-order valence-electron chi connectivity index (χ2n) is 3.22. The zero-order valence-corrected chi connectivity index (χ0v) is 9.01. The van der Waals surface area contributed by atoms with Crippen molar-refractivity contribution in [3.8, 4) is 23.1 Å². The first-order chi connectivity index (χ1) is 7.77. The number of methoxy groups -OCH3 is 1. The molecule has 80 valence electrons. The van der Waals surface area contributed by atoms with Crippen molar-refractivity contribution in [3.05, 3.63) is 30.0 Å². The summed E-state index contributed by atoms with van der Waals surface area (Å²) in [5.41, 5.74) is 1.78. The van der Waals surface area contributed by atoms with Gasteiger partial charge in [0.1, 0.15) is 17.5 Å². The van der Waals surface area contributed by atoms with Gasteiger partial charge in [0.25, 0.3) is 0 Å². The van der Waals surface area contributed by atoms with E-state index in [9.17, 15) is 0 Å². The van der Waals surface area contributed by atoms with Gasteiger partial charge in [-0.2, -0.15) is 5.26 Å². The lowest BCUT2D eigenvalue weighted by Gasteiger charge is -2.07. The average Bonchev–Trinajstić information content (AvgIpc) is 2.70. The van der Waals surface area contributed by atoms with Crippen LogP contribution >= 0.6 is 0 Å². The highest BCUT2D eigenvalue weighted by Gasteiger charge is 2.15. The van der Waals surface area contributed by atoms with Gasteiger partial charge in [-0.25, -0.2) is 4.68 Å². The zero-order valence-electron chi connectivity index (χ0n) is 9.01. The SMILES string of the molecule is COc1ccccc1-c1c(C#N)nnn1C. The molecule has 2 rings (SSSR count). The third-order valence-corrected chi connectivity index (χ3v) is 2.29. The largest absolute Gasteiger partial charge is 0.496 e. The molecular weight excluding hydrogens is 204 g/mol. The van der Waals surface area contributed by atoms with Crippen LogP contribution in [0.5, 0.6) is 5.75 Å². The Balaban J connectivity index is 2.67. The Kier molecular flexibility index (Phi) is 2.56. The van der Waals surface area contributed by atoms with Crippen molar-refractivity contribution in [2.24, 2.45) is 7.05 Å². The van der Waals surface area contributed by atoms with Crippen molar-refractivity contribution in [2.45, 2.75) is 0 Å². The number of hydrogen-bond donors (Lipinski definition) is 0. The summed E-state index contributed by atoms with van der Waals surface area (Å²) in [6.07, 6.45) is 0. The Hall–Kier alpha value is -2.35. The van der Waals surface area contributed by atoms with Gasteiger partial charge in [0.15, 0.2) is 5.69 Å². The van der Waals surface area contributed by atoms with Crippen LogP contribution < -0.4 is 4.74 Å². The Morgan fingerprint density at radius 1 is 1.38 bits per heavy atom. The summed E-state index contributed by atoms with van der Waals surface area (Å²) in [4.78, 5) is 0. The number of aryl methyl sites for hydroxylation is 1. The van der Waals surface area contributed by atoms with Crippen molar-refractivity contribution in [2.75, 3.05) is 7.11 Å². The minimum Gasteiger partial charge on any atom is -0.496 e. The summed E-state index contributed by atoms with van der Waals surface area (Å²) >= 11 is 0. The molecule has 0 radical (unpaired) electrons. The molecule has 5 heteroatoms. The van der Waals surface area contributed by atoms with Crippen LogP contribution in [0.3, 0.4) is 0 Å². The summed E-state index contributed by atoms with van der Waals surface area (Å²) in [6.45, 7) is 0. The maximum absolute atomic E-state index is 8.95. The van der Waals surface area contributed by atoms with Crippen LogP contribution in [0.15, 0.2) is 24.3 Å². The number of nitrogens with zero attached hydrogens (tertiary/aromatic N) is 4. The highest BCUT2D eigenvalue weighted by atomic mass is 16.5.